The molecule has 0 aromatic carbocycles. The minimum atomic E-state index is -0.151. The molecule has 5 nitrogen and oxygen atoms in total. The number of pyridine rings is 1. The maximum Gasteiger partial charge on any atom is 0.270 e. The topological polar surface area (TPSA) is 57.3 Å². The van der Waals surface area contributed by atoms with Crippen LogP contribution in [-0.4, -0.2) is 49.0 Å². The van der Waals surface area contributed by atoms with Crippen LogP contribution in [0.25, 0.3) is 0 Å². The highest BCUT2D eigenvalue weighted by Gasteiger charge is 2.21. The van der Waals surface area contributed by atoms with E-state index >= 15 is 0 Å². The summed E-state index contributed by atoms with van der Waals surface area (Å²) < 4.78 is 0. The van der Waals surface area contributed by atoms with Crippen LogP contribution in [0.5, 0.6) is 0 Å². The van der Waals surface area contributed by atoms with Crippen LogP contribution in [-0.2, 0) is 0 Å². The lowest BCUT2D eigenvalue weighted by atomic mass is 10.0. The molecule has 5 heteroatoms. The highest BCUT2D eigenvalue weighted by atomic mass is 16.1. The molecule has 0 fully saturated rings. The van der Waals surface area contributed by atoms with Gasteiger partial charge in [-0.1, -0.05) is 0 Å². The number of rotatable bonds is 5. The number of nitrogens with zero attached hydrogens (tertiary/aromatic N) is 2. The Hall–Kier alpha value is -1.62. The molecule has 0 aliphatic heterocycles. The first-order valence-electron chi connectivity index (χ1n) is 5.96. The van der Waals surface area contributed by atoms with Gasteiger partial charge in [0.25, 0.3) is 5.91 Å². The quantitative estimate of drug-likeness (QED) is 0.824. The van der Waals surface area contributed by atoms with Crippen molar-refractivity contribution in [2.24, 2.45) is 0 Å². The zero-order valence-corrected chi connectivity index (χ0v) is 11.7. The van der Waals surface area contributed by atoms with Crippen LogP contribution in [0, 0.1) is 0 Å². The van der Waals surface area contributed by atoms with Gasteiger partial charge < -0.3 is 15.5 Å². The molecule has 0 unspecified atom stereocenters. The Labute approximate surface area is 109 Å². The van der Waals surface area contributed by atoms with E-state index in [1.807, 2.05) is 27.2 Å². The zero-order valence-electron chi connectivity index (χ0n) is 11.7. The Morgan fingerprint density at radius 3 is 2.67 bits per heavy atom. The number of carbonyl (C=O) groups is 1. The van der Waals surface area contributed by atoms with Crippen molar-refractivity contribution in [3.63, 3.8) is 0 Å². The van der Waals surface area contributed by atoms with Gasteiger partial charge in [-0.25, -0.2) is 0 Å². The number of nitrogens with one attached hydrogen (secondary N) is 2. The molecule has 1 amide bonds. The standard InChI is InChI=1S/C13H22N4O/c1-13(2,17(4)5)9-16-12(18)11-8-10(14-3)6-7-15-11/h6-8H,9H2,1-5H3,(H,14,15)(H,16,18). The largest absolute Gasteiger partial charge is 0.388 e. The van der Waals surface area contributed by atoms with Gasteiger partial charge >= 0.3 is 0 Å². The van der Waals surface area contributed by atoms with E-state index in [4.69, 9.17) is 0 Å². The molecule has 0 atom stereocenters. The van der Waals surface area contributed by atoms with Crippen molar-refractivity contribution in [2.75, 3.05) is 33.0 Å². The molecule has 1 aromatic heterocycles. The summed E-state index contributed by atoms with van der Waals surface area (Å²) in [5.41, 5.74) is 1.22. The molecule has 0 saturated carbocycles. The smallest absolute Gasteiger partial charge is 0.270 e. The van der Waals surface area contributed by atoms with Crippen LogP contribution in [0.15, 0.2) is 18.3 Å². The number of amides is 1. The summed E-state index contributed by atoms with van der Waals surface area (Å²) in [5.74, 6) is -0.151. The lowest BCUT2D eigenvalue weighted by molar-refractivity contribution is 0.0915. The fourth-order valence-electron chi connectivity index (χ4n) is 1.26. The Morgan fingerprint density at radius 1 is 1.44 bits per heavy atom. The Morgan fingerprint density at radius 2 is 2.11 bits per heavy atom. The first-order chi connectivity index (χ1) is 8.36. The van der Waals surface area contributed by atoms with Gasteiger partial charge in [-0.3, -0.25) is 9.78 Å². The molecule has 1 aromatic rings. The number of hydrogen-bond acceptors (Lipinski definition) is 4. The highest BCUT2D eigenvalue weighted by Crippen LogP contribution is 2.09. The predicted molar refractivity (Wildman–Crippen MR) is 73.9 cm³/mol. The first-order valence-corrected chi connectivity index (χ1v) is 5.96. The van der Waals surface area contributed by atoms with Crippen LogP contribution >= 0.6 is 0 Å². The van der Waals surface area contributed by atoms with Gasteiger partial charge in [-0.15, -0.1) is 0 Å². The highest BCUT2D eigenvalue weighted by molar-refractivity contribution is 5.93. The molecule has 0 radical (unpaired) electrons. The third-order valence-corrected chi connectivity index (χ3v) is 3.17. The third kappa shape index (κ3) is 3.70. The predicted octanol–water partition coefficient (Wildman–Crippen LogP) is 1.19. The lowest BCUT2D eigenvalue weighted by Crippen LogP contribution is -2.48. The van der Waals surface area contributed by atoms with Crippen LogP contribution in [0.2, 0.25) is 0 Å². The minimum Gasteiger partial charge on any atom is -0.388 e. The fraction of sp³-hybridized carbons (Fsp3) is 0.538. The molecule has 0 aliphatic carbocycles. The van der Waals surface area contributed by atoms with Gasteiger partial charge in [0.2, 0.25) is 0 Å². The molecule has 2 N–H and O–H groups in total. The van der Waals surface area contributed by atoms with Gasteiger partial charge in [0.15, 0.2) is 0 Å². The van der Waals surface area contributed by atoms with Crippen molar-refractivity contribution in [3.05, 3.63) is 24.0 Å². The van der Waals surface area contributed by atoms with Crippen molar-refractivity contribution in [2.45, 2.75) is 19.4 Å². The van der Waals surface area contributed by atoms with E-state index in [9.17, 15) is 4.79 Å². The van der Waals surface area contributed by atoms with E-state index in [1.165, 1.54) is 0 Å². The van der Waals surface area contributed by atoms with Crippen molar-refractivity contribution in [1.82, 2.24) is 15.2 Å². The third-order valence-electron chi connectivity index (χ3n) is 3.17. The zero-order chi connectivity index (χ0) is 13.8. The van der Waals surface area contributed by atoms with E-state index < -0.39 is 0 Å². The summed E-state index contributed by atoms with van der Waals surface area (Å²) in [6, 6.07) is 3.55. The van der Waals surface area contributed by atoms with Crippen LogP contribution in [0.1, 0.15) is 24.3 Å². The fourth-order valence-corrected chi connectivity index (χ4v) is 1.26. The second-order valence-corrected chi connectivity index (χ2v) is 5.07. The maximum atomic E-state index is 12.0. The van der Waals surface area contributed by atoms with Gasteiger partial charge in [0, 0.05) is 31.0 Å². The Bertz CT molecular complexity index is 415. The lowest BCUT2D eigenvalue weighted by Gasteiger charge is -2.32. The number of likely N-dealkylation sites (N-methyl/N-ethyl adjacent to an activating group) is 1. The Balaban J connectivity index is 2.66. The van der Waals surface area contributed by atoms with Gasteiger partial charge in [-0.2, -0.15) is 0 Å². The molecule has 100 valence electrons. The average Bonchev–Trinajstić information content (AvgIpc) is 2.36. The molecule has 18 heavy (non-hydrogen) atoms. The molecule has 0 saturated heterocycles. The molecular formula is C13H22N4O. The van der Waals surface area contributed by atoms with Crippen molar-refractivity contribution < 1.29 is 4.79 Å². The molecule has 1 heterocycles. The number of aromatic nitrogens is 1. The van der Waals surface area contributed by atoms with Crippen molar-refractivity contribution >= 4 is 11.6 Å². The van der Waals surface area contributed by atoms with Gasteiger partial charge in [-0.05, 0) is 40.1 Å². The van der Waals surface area contributed by atoms with E-state index in [0.717, 1.165) is 5.69 Å². The molecule has 0 spiro atoms. The van der Waals surface area contributed by atoms with Crippen molar-refractivity contribution in [3.8, 4) is 0 Å². The van der Waals surface area contributed by atoms with E-state index in [1.54, 1.807) is 12.3 Å². The average molecular weight is 250 g/mol. The second kappa shape index (κ2) is 5.82. The summed E-state index contributed by atoms with van der Waals surface area (Å²) in [4.78, 5) is 18.1. The summed E-state index contributed by atoms with van der Waals surface area (Å²) >= 11 is 0. The number of hydrogen-bond donors (Lipinski definition) is 2. The Kier molecular flexibility index (Phi) is 4.67. The van der Waals surface area contributed by atoms with E-state index in [-0.39, 0.29) is 11.4 Å². The summed E-state index contributed by atoms with van der Waals surface area (Å²) in [6.45, 7) is 4.72. The molecule has 0 aliphatic rings. The summed E-state index contributed by atoms with van der Waals surface area (Å²) in [7, 11) is 5.80. The van der Waals surface area contributed by atoms with E-state index in [2.05, 4.69) is 34.4 Å². The van der Waals surface area contributed by atoms with E-state index in [0.29, 0.717) is 12.2 Å². The molecule has 1 rings (SSSR count). The number of carbonyl (C=O) groups excluding carboxylic acids is 1. The first kappa shape index (κ1) is 14.4. The molecule has 0 bridgehead atoms. The maximum absolute atomic E-state index is 12.0. The monoisotopic (exact) mass is 250 g/mol. The van der Waals surface area contributed by atoms with Crippen LogP contribution in [0.3, 0.4) is 0 Å². The minimum absolute atomic E-state index is 0.0870. The van der Waals surface area contributed by atoms with Gasteiger partial charge in [0.1, 0.15) is 5.69 Å². The normalized spacial score (nSPS) is 11.4. The van der Waals surface area contributed by atoms with Gasteiger partial charge in [0.05, 0.1) is 0 Å². The summed E-state index contributed by atoms with van der Waals surface area (Å²) in [6.07, 6.45) is 1.62. The SMILES string of the molecule is CNc1ccnc(C(=O)NCC(C)(C)N(C)C)c1. The second-order valence-electron chi connectivity index (χ2n) is 5.07. The van der Waals surface area contributed by atoms with Crippen molar-refractivity contribution in [1.29, 1.82) is 0 Å². The molecular weight excluding hydrogens is 228 g/mol. The van der Waals surface area contributed by atoms with Crippen LogP contribution in [0.4, 0.5) is 5.69 Å². The number of anilines is 1. The summed E-state index contributed by atoms with van der Waals surface area (Å²) in [5, 5.41) is 5.89. The van der Waals surface area contributed by atoms with Crippen LogP contribution < -0.4 is 10.6 Å².